The summed E-state index contributed by atoms with van der Waals surface area (Å²) in [6.07, 6.45) is 0. The average Bonchev–Trinajstić information content (AvgIpc) is 2.39. The van der Waals surface area contributed by atoms with Crippen molar-refractivity contribution in [2.45, 2.75) is 13.8 Å². The quantitative estimate of drug-likeness (QED) is 0.520. The maximum Gasteiger partial charge on any atom is 0.0741 e. The summed E-state index contributed by atoms with van der Waals surface area (Å²) in [7, 11) is -0.905. The van der Waals surface area contributed by atoms with Gasteiger partial charge >= 0.3 is 0 Å². The molecule has 0 aromatic heterocycles. The first-order valence-electron chi connectivity index (χ1n) is 5.72. The molecule has 0 saturated heterocycles. The van der Waals surface area contributed by atoms with Gasteiger partial charge in [0.1, 0.15) is 0 Å². The normalized spacial score (nSPS) is 10.4. The first-order valence-corrected chi connectivity index (χ1v) is 7.06. The molecular formula is C14H15N2OP. The third-order valence-corrected chi connectivity index (χ3v) is 4.64. The number of aryl methyl sites for hydroxylation is 2. The van der Waals surface area contributed by atoms with Crippen molar-refractivity contribution in [3.63, 3.8) is 0 Å². The van der Waals surface area contributed by atoms with E-state index < -0.39 is 8.07 Å². The van der Waals surface area contributed by atoms with Gasteiger partial charge in [-0.15, -0.1) is 4.91 Å². The Balaban J connectivity index is 2.35. The molecular weight excluding hydrogens is 243 g/mol. The summed E-state index contributed by atoms with van der Waals surface area (Å²) < 4.78 is 0. The van der Waals surface area contributed by atoms with Gasteiger partial charge in [0.2, 0.25) is 0 Å². The van der Waals surface area contributed by atoms with E-state index in [-0.39, 0.29) is 0 Å². The van der Waals surface area contributed by atoms with Gasteiger partial charge in [0.25, 0.3) is 0 Å². The van der Waals surface area contributed by atoms with Crippen LogP contribution >= 0.6 is 8.07 Å². The Labute approximate surface area is 108 Å². The van der Waals surface area contributed by atoms with Crippen LogP contribution in [-0.2, 0) is 0 Å². The largest absolute Gasteiger partial charge is 0.244 e. The Kier molecular flexibility index (Phi) is 4.06. The lowest BCUT2D eigenvalue weighted by Crippen LogP contribution is -2.19. The average molecular weight is 258 g/mol. The number of nitrogens with zero attached hydrogens (tertiary/aromatic N) is 1. The second-order valence-corrected chi connectivity index (χ2v) is 6.10. The Bertz CT molecular complexity index is 477. The van der Waals surface area contributed by atoms with E-state index in [0.29, 0.717) is 0 Å². The first-order chi connectivity index (χ1) is 8.70. The van der Waals surface area contributed by atoms with Gasteiger partial charge in [-0.05, 0) is 13.8 Å². The standard InChI is InChI=1S/C14H15N2OP/c1-11-3-7-13(8-4-11)18(16-15-17)14-9-5-12(2)6-10-14/h3-10H,1-2H3,(H,16,17). The van der Waals surface area contributed by atoms with Crippen molar-refractivity contribution >= 4 is 18.7 Å². The summed E-state index contributed by atoms with van der Waals surface area (Å²) in [5.74, 6) is 0. The zero-order valence-electron chi connectivity index (χ0n) is 10.4. The van der Waals surface area contributed by atoms with E-state index in [0.717, 1.165) is 10.6 Å². The lowest BCUT2D eigenvalue weighted by atomic mass is 10.2. The summed E-state index contributed by atoms with van der Waals surface area (Å²) in [5, 5.41) is 7.74. The van der Waals surface area contributed by atoms with E-state index in [2.05, 4.69) is 10.5 Å². The van der Waals surface area contributed by atoms with Crippen molar-refractivity contribution < 1.29 is 0 Å². The van der Waals surface area contributed by atoms with Crippen molar-refractivity contribution in [3.8, 4) is 0 Å². The van der Waals surface area contributed by atoms with E-state index >= 15 is 0 Å². The molecule has 1 N–H and O–H groups in total. The third-order valence-electron chi connectivity index (χ3n) is 2.73. The Morgan fingerprint density at radius 3 is 1.56 bits per heavy atom. The molecule has 4 heteroatoms. The Morgan fingerprint density at radius 2 is 1.22 bits per heavy atom. The molecule has 0 saturated carbocycles. The van der Waals surface area contributed by atoms with Crippen LogP contribution < -0.4 is 15.8 Å². The Morgan fingerprint density at radius 1 is 0.833 bits per heavy atom. The topological polar surface area (TPSA) is 41.5 Å². The van der Waals surface area contributed by atoms with Crippen LogP contribution in [0.5, 0.6) is 0 Å². The van der Waals surface area contributed by atoms with Crippen LogP contribution in [0.25, 0.3) is 0 Å². The maximum atomic E-state index is 10.6. The van der Waals surface area contributed by atoms with Crippen LogP contribution in [0.2, 0.25) is 0 Å². The molecule has 3 nitrogen and oxygen atoms in total. The summed E-state index contributed by atoms with van der Waals surface area (Å²) in [5.41, 5.74) is 2.41. The predicted octanol–water partition coefficient (Wildman–Crippen LogP) is 2.92. The van der Waals surface area contributed by atoms with Gasteiger partial charge in [0.15, 0.2) is 0 Å². The zero-order chi connectivity index (χ0) is 13.0. The molecule has 0 heterocycles. The monoisotopic (exact) mass is 258 g/mol. The first kappa shape index (κ1) is 12.7. The highest BCUT2D eigenvalue weighted by Crippen LogP contribution is 2.28. The zero-order valence-corrected chi connectivity index (χ0v) is 11.3. The second kappa shape index (κ2) is 5.74. The fraction of sp³-hybridized carbons (Fsp3) is 0.143. The van der Waals surface area contributed by atoms with Crippen LogP contribution in [0.3, 0.4) is 0 Å². The molecule has 0 aliphatic heterocycles. The van der Waals surface area contributed by atoms with Gasteiger partial charge in [-0.3, -0.25) is 0 Å². The second-order valence-electron chi connectivity index (χ2n) is 4.20. The molecule has 92 valence electrons. The highest BCUT2D eigenvalue weighted by molar-refractivity contribution is 7.71. The predicted molar refractivity (Wildman–Crippen MR) is 77.5 cm³/mol. The smallest absolute Gasteiger partial charge is 0.0741 e. The van der Waals surface area contributed by atoms with Gasteiger partial charge in [-0.2, -0.15) is 0 Å². The minimum Gasteiger partial charge on any atom is -0.244 e. The molecule has 18 heavy (non-hydrogen) atoms. The number of hydrogen-bond donors (Lipinski definition) is 1. The fourth-order valence-corrected chi connectivity index (χ4v) is 3.20. The van der Waals surface area contributed by atoms with Gasteiger partial charge in [0, 0.05) is 10.6 Å². The van der Waals surface area contributed by atoms with Crippen molar-refractivity contribution in [1.82, 2.24) is 5.20 Å². The van der Waals surface area contributed by atoms with Crippen molar-refractivity contribution in [2.24, 2.45) is 5.29 Å². The number of hydrogen-bond acceptors (Lipinski definition) is 2. The lowest BCUT2D eigenvalue weighted by Gasteiger charge is -2.16. The summed E-state index contributed by atoms with van der Waals surface area (Å²) in [6, 6.07) is 16.4. The van der Waals surface area contributed by atoms with Crippen LogP contribution in [0.15, 0.2) is 53.8 Å². The van der Waals surface area contributed by atoms with E-state index in [1.54, 1.807) is 0 Å². The summed E-state index contributed by atoms with van der Waals surface area (Å²) in [4.78, 5) is 10.6. The minimum absolute atomic E-state index is 0.905. The van der Waals surface area contributed by atoms with Crippen LogP contribution in [-0.4, -0.2) is 0 Å². The third kappa shape index (κ3) is 2.93. The molecule has 2 aromatic carbocycles. The van der Waals surface area contributed by atoms with Crippen LogP contribution in [0, 0.1) is 18.8 Å². The highest BCUT2D eigenvalue weighted by Gasteiger charge is 2.13. The van der Waals surface area contributed by atoms with Gasteiger partial charge in [-0.25, -0.2) is 5.20 Å². The summed E-state index contributed by atoms with van der Waals surface area (Å²) >= 11 is 0. The molecule has 0 radical (unpaired) electrons. The molecule has 0 bridgehead atoms. The lowest BCUT2D eigenvalue weighted by molar-refractivity contribution is 1.08. The number of benzene rings is 2. The number of nitrogens with one attached hydrogen (secondary N) is 1. The van der Waals surface area contributed by atoms with Crippen molar-refractivity contribution in [2.75, 3.05) is 0 Å². The summed E-state index contributed by atoms with van der Waals surface area (Å²) in [6.45, 7) is 4.09. The molecule has 0 amide bonds. The van der Waals surface area contributed by atoms with Crippen molar-refractivity contribution in [3.05, 3.63) is 64.6 Å². The fourth-order valence-electron chi connectivity index (χ4n) is 1.69. The molecule has 0 spiro atoms. The molecule has 2 rings (SSSR count). The van der Waals surface area contributed by atoms with E-state index in [9.17, 15) is 4.91 Å². The van der Waals surface area contributed by atoms with Gasteiger partial charge < -0.3 is 0 Å². The molecule has 2 aromatic rings. The van der Waals surface area contributed by atoms with E-state index in [1.807, 2.05) is 62.4 Å². The Hall–Kier alpha value is -1.73. The highest BCUT2D eigenvalue weighted by atomic mass is 31.1. The van der Waals surface area contributed by atoms with Gasteiger partial charge in [-0.1, -0.05) is 59.7 Å². The van der Waals surface area contributed by atoms with E-state index in [4.69, 9.17) is 0 Å². The molecule has 0 atom stereocenters. The molecule has 0 unspecified atom stereocenters. The minimum atomic E-state index is -0.905. The maximum absolute atomic E-state index is 10.6. The van der Waals surface area contributed by atoms with Gasteiger partial charge in [0.05, 0.1) is 13.4 Å². The van der Waals surface area contributed by atoms with Crippen LogP contribution in [0.4, 0.5) is 0 Å². The molecule has 0 fully saturated rings. The van der Waals surface area contributed by atoms with Crippen molar-refractivity contribution in [1.29, 1.82) is 0 Å². The molecule has 0 aliphatic carbocycles. The number of rotatable bonds is 4. The van der Waals surface area contributed by atoms with Crippen LogP contribution in [0.1, 0.15) is 11.1 Å². The number of nitroso groups, excluding NO2 is 1. The van der Waals surface area contributed by atoms with E-state index in [1.165, 1.54) is 11.1 Å². The SMILES string of the molecule is Cc1ccc(P(NN=O)c2ccc(C)cc2)cc1. The molecule has 0 aliphatic rings.